The lowest BCUT2D eigenvalue weighted by Crippen LogP contribution is -2.40. The van der Waals surface area contributed by atoms with Crippen LogP contribution in [0.1, 0.15) is 38.5 Å². The van der Waals surface area contributed by atoms with Gasteiger partial charge >= 0.3 is 0 Å². The first-order valence-corrected chi connectivity index (χ1v) is 11.1. The first-order valence-electron chi connectivity index (χ1n) is 9.67. The summed E-state index contributed by atoms with van der Waals surface area (Å²) in [6, 6.07) is 8.68. The molecule has 144 valence electrons. The number of benzene rings is 1. The molecule has 2 aliphatic heterocycles. The highest BCUT2D eigenvalue weighted by Gasteiger charge is 2.29. The molecular weight excluding hydrogens is 348 g/mol. The molecular formula is C19H30N4O2S. The Kier molecular flexibility index (Phi) is 6.53. The van der Waals surface area contributed by atoms with E-state index in [1.54, 1.807) is 28.6 Å². The lowest BCUT2D eigenvalue weighted by molar-refractivity contribution is 0.278. The van der Waals surface area contributed by atoms with Crippen molar-refractivity contribution in [3.63, 3.8) is 0 Å². The van der Waals surface area contributed by atoms with E-state index in [4.69, 9.17) is 5.73 Å². The molecule has 0 atom stereocenters. The third-order valence-corrected chi connectivity index (χ3v) is 7.31. The molecule has 2 aliphatic rings. The average Bonchev–Trinajstić information content (AvgIpc) is 2.97. The number of nitrogens with zero attached hydrogens (tertiary/aromatic N) is 3. The Hall–Kier alpha value is -1.60. The summed E-state index contributed by atoms with van der Waals surface area (Å²) >= 11 is 0. The second kappa shape index (κ2) is 8.86. The van der Waals surface area contributed by atoms with Gasteiger partial charge in [0.25, 0.3) is 0 Å². The highest BCUT2D eigenvalue weighted by Crippen LogP contribution is 2.24. The van der Waals surface area contributed by atoms with Gasteiger partial charge in [-0.15, -0.1) is 0 Å². The lowest BCUT2D eigenvalue weighted by atomic mass is 9.98. The van der Waals surface area contributed by atoms with E-state index >= 15 is 0 Å². The van der Waals surface area contributed by atoms with Crippen LogP contribution in [0.2, 0.25) is 0 Å². The van der Waals surface area contributed by atoms with E-state index < -0.39 is 10.0 Å². The molecule has 2 saturated heterocycles. The standard InChI is InChI=1S/C19H30N4O2S/c20-19(22-12-6-1-2-7-13-22)21-16-17-10-14-23(15-11-17)26(24,25)18-8-4-3-5-9-18/h3-5,8-9,17H,1-2,6-7,10-16H2,(H2,20,21). The second-order valence-electron chi connectivity index (χ2n) is 7.26. The average molecular weight is 379 g/mol. The number of guanidine groups is 1. The van der Waals surface area contributed by atoms with Crippen LogP contribution in [0.25, 0.3) is 0 Å². The molecule has 0 spiro atoms. The van der Waals surface area contributed by atoms with E-state index in [9.17, 15) is 8.42 Å². The van der Waals surface area contributed by atoms with Crippen molar-refractivity contribution < 1.29 is 8.42 Å². The number of aliphatic imine (C=N–C) groups is 1. The van der Waals surface area contributed by atoms with Crippen molar-refractivity contribution in [3.05, 3.63) is 30.3 Å². The van der Waals surface area contributed by atoms with E-state index in [0.717, 1.165) is 25.9 Å². The molecule has 26 heavy (non-hydrogen) atoms. The summed E-state index contributed by atoms with van der Waals surface area (Å²) in [5.41, 5.74) is 6.18. The molecule has 6 nitrogen and oxygen atoms in total. The van der Waals surface area contributed by atoms with Gasteiger partial charge in [0.2, 0.25) is 10.0 Å². The Morgan fingerprint density at radius 1 is 1.00 bits per heavy atom. The molecule has 2 heterocycles. The third kappa shape index (κ3) is 4.76. The van der Waals surface area contributed by atoms with Crippen LogP contribution in [0, 0.1) is 5.92 Å². The molecule has 1 aromatic carbocycles. The number of hydrogen-bond acceptors (Lipinski definition) is 3. The minimum absolute atomic E-state index is 0.377. The van der Waals surface area contributed by atoms with Gasteiger partial charge in [0, 0.05) is 32.7 Å². The van der Waals surface area contributed by atoms with Gasteiger partial charge in [-0.3, -0.25) is 4.99 Å². The van der Waals surface area contributed by atoms with Crippen LogP contribution in [0.3, 0.4) is 0 Å². The van der Waals surface area contributed by atoms with Crippen molar-refractivity contribution in [2.24, 2.45) is 16.6 Å². The van der Waals surface area contributed by atoms with Crippen LogP contribution < -0.4 is 5.73 Å². The molecule has 2 N–H and O–H groups in total. The first-order chi connectivity index (χ1) is 12.6. The number of sulfonamides is 1. The third-order valence-electron chi connectivity index (χ3n) is 5.40. The van der Waals surface area contributed by atoms with Crippen LogP contribution >= 0.6 is 0 Å². The fraction of sp³-hybridized carbons (Fsp3) is 0.632. The zero-order valence-electron chi connectivity index (χ0n) is 15.4. The molecule has 7 heteroatoms. The van der Waals surface area contributed by atoms with Crippen LogP contribution in [0.5, 0.6) is 0 Å². The first kappa shape index (κ1) is 19.2. The zero-order chi connectivity index (χ0) is 18.4. The lowest BCUT2D eigenvalue weighted by Gasteiger charge is -2.30. The summed E-state index contributed by atoms with van der Waals surface area (Å²) in [7, 11) is -3.37. The van der Waals surface area contributed by atoms with Crippen molar-refractivity contribution in [1.29, 1.82) is 0 Å². The highest BCUT2D eigenvalue weighted by atomic mass is 32.2. The molecule has 0 aliphatic carbocycles. The molecule has 0 aromatic heterocycles. The highest BCUT2D eigenvalue weighted by molar-refractivity contribution is 7.89. The molecule has 1 aromatic rings. The molecule has 2 fully saturated rings. The van der Waals surface area contributed by atoms with Crippen molar-refractivity contribution in [1.82, 2.24) is 9.21 Å². The minimum atomic E-state index is -3.37. The van der Waals surface area contributed by atoms with Gasteiger partial charge in [0.15, 0.2) is 5.96 Å². The Bertz CT molecular complexity index is 690. The molecule has 0 amide bonds. The van der Waals surface area contributed by atoms with Gasteiger partial charge < -0.3 is 10.6 Å². The van der Waals surface area contributed by atoms with E-state index in [-0.39, 0.29) is 0 Å². The minimum Gasteiger partial charge on any atom is -0.370 e. The smallest absolute Gasteiger partial charge is 0.243 e. The predicted molar refractivity (Wildman–Crippen MR) is 104 cm³/mol. The van der Waals surface area contributed by atoms with Gasteiger partial charge in [-0.1, -0.05) is 31.0 Å². The SMILES string of the molecule is NC(=NCC1CCN(S(=O)(=O)c2ccccc2)CC1)N1CCCCCC1. The van der Waals surface area contributed by atoms with Crippen LogP contribution in [-0.4, -0.2) is 56.3 Å². The van der Waals surface area contributed by atoms with Gasteiger partial charge in [0.1, 0.15) is 0 Å². The number of piperidine rings is 1. The number of likely N-dealkylation sites (tertiary alicyclic amines) is 1. The molecule has 0 unspecified atom stereocenters. The quantitative estimate of drug-likeness (QED) is 0.644. The van der Waals surface area contributed by atoms with Crippen LogP contribution in [0.4, 0.5) is 0 Å². The summed E-state index contributed by atoms with van der Waals surface area (Å²) in [5.74, 6) is 1.06. The van der Waals surface area contributed by atoms with Gasteiger partial charge in [-0.05, 0) is 43.7 Å². The summed E-state index contributed by atoms with van der Waals surface area (Å²) in [5, 5.41) is 0. The second-order valence-corrected chi connectivity index (χ2v) is 9.20. The van der Waals surface area contributed by atoms with E-state index in [2.05, 4.69) is 9.89 Å². The Morgan fingerprint density at radius 3 is 2.23 bits per heavy atom. The van der Waals surface area contributed by atoms with E-state index in [1.807, 2.05) is 6.07 Å². The number of rotatable bonds is 4. The van der Waals surface area contributed by atoms with Crippen molar-refractivity contribution in [2.45, 2.75) is 43.4 Å². The zero-order valence-corrected chi connectivity index (χ0v) is 16.2. The Labute approximate surface area is 157 Å². The summed E-state index contributed by atoms with van der Waals surface area (Å²) in [6.45, 7) is 3.82. The largest absolute Gasteiger partial charge is 0.370 e. The van der Waals surface area contributed by atoms with Crippen molar-refractivity contribution in [2.75, 3.05) is 32.7 Å². The van der Waals surface area contributed by atoms with Gasteiger partial charge in [0.05, 0.1) is 4.90 Å². The molecule has 0 radical (unpaired) electrons. The molecule has 0 saturated carbocycles. The fourth-order valence-corrected chi connectivity index (χ4v) is 5.19. The van der Waals surface area contributed by atoms with Crippen LogP contribution in [-0.2, 0) is 10.0 Å². The Morgan fingerprint density at radius 2 is 1.62 bits per heavy atom. The van der Waals surface area contributed by atoms with E-state index in [0.29, 0.717) is 36.4 Å². The van der Waals surface area contributed by atoms with Gasteiger partial charge in [-0.2, -0.15) is 4.31 Å². The summed E-state index contributed by atoms with van der Waals surface area (Å²) < 4.78 is 26.9. The molecule has 3 rings (SSSR count). The van der Waals surface area contributed by atoms with Crippen molar-refractivity contribution in [3.8, 4) is 0 Å². The maximum atomic E-state index is 12.7. The number of nitrogens with two attached hydrogens (primary N) is 1. The summed E-state index contributed by atoms with van der Waals surface area (Å²) in [4.78, 5) is 7.18. The van der Waals surface area contributed by atoms with Gasteiger partial charge in [-0.25, -0.2) is 8.42 Å². The maximum Gasteiger partial charge on any atom is 0.243 e. The van der Waals surface area contributed by atoms with E-state index in [1.165, 1.54) is 25.7 Å². The Balaban J connectivity index is 1.51. The topological polar surface area (TPSA) is 79.0 Å². The van der Waals surface area contributed by atoms with Crippen LogP contribution in [0.15, 0.2) is 40.2 Å². The maximum absolute atomic E-state index is 12.7. The molecule has 0 bridgehead atoms. The monoisotopic (exact) mass is 378 g/mol. The number of hydrogen-bond donors (Lipinski definition) is 1. The fourth-order valence-electron chi connectivity index (χ4n) is 3.70. The van der Waals surface area contributed by atoms with Crippen molar-refractivity contribution >= 4 is 16.0 Å². The normalized spacial score (nSPS) is 21.5. The predicted octanol–water partition coefficient (Wildman–Crippen LogP) is 2.28. The summed E-state index contributed by atoms with van der Waals surface area (Å²) in [6.07, 6.45) is 6.60.